The van der Waals surface area contributed by atoms with Gasteiger partial charge in [-0.25, -0.2) is 0 Å². The molecule has 0 aliphatic carbocycles. The molecule has 0 radical (unpaired) electrons. The van der Waals surface area contributed by atoms with Gasteiger partial charge < -0.3 is 25.5 Å². The molecule has 0 fully saturated rings. The Morgan fingerprint density at radius 3 is 0.364 bits per heavy atom. The van der Waals surface area contributed by atoms with E-state index in [0.29, 0.717) is 0 Å². The molecule has 0 aromatic heterocycles. The van der Waals surface area contributed by atoms with Gasteiger partial charge in [0.2, 0.25) is 0 Å². The molecule has 11 heavy (non-hydrogen) atoms. The monoisotopic (exact) mass is 336 g/mol. The zero-order valence-electron chi connectivity index (χ0n) is 7.49. The second kappa shape index (κ2) is 3290. The minimum atomic E-state index is 0. The maximum absolute atomic E-state index is 8.25. The van der Waals surface area contributed by atoms with E-state index in [1.165, 1.54) is 0 Å². The Kier molecular flexibility index (Phi) is 12500. The summed E-state index contributed by atoms with van der Waals surface area (Å²) < 4.78 is 0. The third kappa shape index (κ3) is 2630. The molecule has 0 saturated carbocycles. The van der Waals surface area contributed by atoms with Gasteiger partial charge in [-0.05, 0) is 0 Å². The van der Waals surface area contributed by atoms with Crippen molar-refractivity contribution >= 4 is 0 Å². The third-order valence-corrected chi connectivity index (χ3v) is 0. The Hall–Kier alpha value is 0.540. The summed E-state index contributed by atoms with van der Waals surface area (Å²) in [5.41, 5.74) is 0. The van der Waals surface area contributed by atoms with Gasteiger partial charge in [0.1, 0.15) is 0 Å². The van der Waals surface area contributed by atoms with Crippen LogP contribution in [-0.2, 0) is 22.4 Å². The Morgan fingerprint density at radius 2 is 0.364 bits per heavy atom. The summed E-state index contributed by atoms with van der Waals surface area (Å²) in [7, 11) is 3.75. The molecule has 0 aromatic rings. The molecule has 0 amide bonds. The van der Waals surface area contributed by atoms with Gasteiger partial charge in [-0.15, -0.1) is 0 Å². The summed E-state index contributed by atoms with van der Waals surface area (Å²) >= 11 is 0. The van der Waals surface area contributed by atoms with Crippen molar-refractivity contribution in [3.05, 3.63) is 0 Å². The van der Waals surface area contributed by atoms with E-state index in [9.17, 15) is 0 Å². The molecule has 0 N–H and O–H groups in total. The molecule has 70 valence electrons. The van der Waals surface area contributed by atoms with Crippen LogP contribution in [0, 0.1) is 0 Å². The molecule has 6 heteroatoms. The molecule has 5 nitrogen and oxygen atoms in total. The van der Waals surface area contributed by atoms with Crippen LogP contribution in [0.2, 0.25) is 0 Å². The van der Waals surface area contributed by atoms with Crippen molar-refractivity contribution in [2.24, 2.45) is 0 Å². The first-order valence-electron chi connectivity index (χ1n) is 2.04. The fourth-order valence-electron chi connectivity index (χ4n) is 0. The Bertz CT molecular complexity index is 14.8. The van der Waals surface area contributed by atoms with E-state index >= 15 is 0 Å². The van der Waals surface area contributed by atoms with Crippen LogP contribution in [-0.4, -0.2) is 35.5 Å². The molecule has 0 aliphatic heterocycles. The number of hydrogen-bond donors (Lipinski definition) is 0. The molecule has 0 atom stereocenters. The van der Waals surface area contributed by atoms with E-state index in [1.54, 1.807) is 0 Å². The number of hydrogen-bond acceptors (Lipinski definition) is 5. The third-order valence-electron chi connectivity index (χ3n) is 0. The van der Waals surface area contributed by atoms with Crippen LogP contribution in [0.4, 0.5) is 0 Å². The minimum absolute atomic E-state index is 0. The van der Waals surface area contributed by atoms with Crippen LogP contribution in [0.25, 0.3) is 0 Å². The van der Waals surface area contributed by atoms with Crippen LogP contribution >= 0.6 is 0 Å². The van der Waals surface area contributed by atoms with Crippen LogP contribution in [0.5, 0.6) is 0 Å². The summed E-state index contributed by atoms with van der Waals surface area (Å²) in [5.74, 6) is 0. The fraction of sp³-hybridized carbons (Fsp3) is 1.00. The van der Waals surface area contributed by atoms with E-state index in [1.807, 2.05) is 0 Å². The smallest absolute Gasteiger partial charge is 0.857 e. The van der Waals surface area contributed by atoms with Gasteiger partial charge in [0.15, 0.2) is 0 Å². The maximum Gasteiger partial charge on any atom is 5.00 e. The van der Waals surface area contributed by atoms with Gasteiger partial charge in [0, 0.05) is 0 Å². The first-order chi connectivity index (χ1) is 5.00. The predicted octanol–water partition coefficient (Wildman–Crippen LogP) is -5.12. The molecule has 0 spiro atoms. The Morgan fingerprint density at radius 1 is 0.364 bits per heavy atom. The van der Waals surface area contributed by atoms with Crippen molar-refractivity contribution in [2.45, 2.75) is 0 Å². The second-order valence-corrected chi connectivity index (χ2v) is 0. The summed E-state index contributed by atoms with van der Waals surface area (Å²) in [4.78, 5) is 0. The van der Waals surface area contributed by atoms with E-state index < -0.39 is 0 Å². The van der Waals surface area contributed by atoms with Crippen molar-refractivity contribution in [1.29, 1.82) is 0 Å². The van der Waals surface area contributed by atoms with Gasteiger partial charge in [-0.2, -0.15) is 35.5 Å². The molecule has 0 unspecified atom stereocenters. The summed E-state index contributed by atoms with van der Waals surface area (Å²) in [6, 6.07) is 0. The van der Waals surface area contributed by atoms with Crippen molar-refractivity contribution in [3.63, 3.8) is 0 Å². The van der Waals surface area contributed by atoms with Gasteiger partial charge >= 0.3 is 22.4 Å². The SMILES string of the molecule is C[O-].C[O-].C[O-].C[O-].C[O-].[Ta+5]. The molecule has 0 aliphatic rings. The Balaban J connectivity index is -0.00000000694. The zero-order valence-corrected chi connectivity index (χ0v) is 10.7. The average Bonchev–Trinajstić information content (AvgIpc) is 2.20. The van der Waals surface area contributed by atoms with Gasteiger partial charge in [-0.1, -0.05) is 0 Å². The standard InChI is InChI=1S/5CH3O.Ta/c5*1-2;/h5*1H3;/q5*-1;+5. The second-order valence-electron chi connectivity index (χ2n) is 0. The van der Waals surface area contributed by atoms with E-state index in [-0.39, 0.29) is 22.4 Å². The van der Waals surface area contributed by atoms with E-state index in [2.05, 4.69) is 0 Å². The van der Waals surface area contributed by atoms with E-state index in [4.69, 9.17) is 25.5 Å². The molecule has 0 aromatic carbocycles. The normalized spacial score (nSPS) is 2.73. The van der Waals surface area contributed by atoms with Crippen LogP contribution in [0.1, 0.15) is 0 Å². The minimum Gasteiger partial charge on any atom is -0.857 e. The molecular weight excluding hydrogens is 321 g/mol. The first kappa shape index (κ1) is 41.8. The van der Waals surface area contributed by atoms with Gasteiger partial charge in [-0.3, -0.25) is 0 Å². The number of rotatable bonds is 0. The van der Waals surface area contributed by atoms with Crippen LogP contribution < -0.4 is 25.5 Å². The van der Waals surface area contributed by atoms with Crippen molar-refractivity contribution in [3.8, 4) is 0 Å². The van der Waals surface area contributed by atoms with Gasteiger partial charge in [0.25, 0.3) is 0 Å². The van der Waals surface area contributed by atoms with Crippen molar-refractivity contribution in [1.82, 2.24) is 0 Å². The maximum atomic E-state index is 8.25. The van der Waals surface area contributed by atoms with Crippen molar-refractivity contribution < 1.29 is 47.9 Å². The Labute approximate surface area is 83.8 Å². The molecule has 0 bridgehead atoms. The summed E-state index contributed by atoms with van der Waals surface area (Å²) in [5, 5.41) is 41.2. The van der Waals surface area contributed by atoms with Crippen LogP contribution in [0.15, 0.2) is 0 Å². The van der Waals surface area contributed by atoms with E-state index in [0.717, 1.165) is 35.5 Å². The topological polar surface area (TPSA) is 115 Å². The average molecular weight is 336 g/mol. The fourth-order valence-corrected chi connectivity index (χ4v) is 0. The molecule has 0 saturated heterocycles. The first-order valence-corrected chi connectivity index (χ1v) is 2.04. The summed E-state index contributed by atoms with van der Waals surface area (Å²) in [6.07, 6.45) is 0. The molecular formula is C5H15O5Ta. The largest absolute Gasteiger partial charge is 5.00 e. The predicted molar refractivity (Wildman–Crippen MR) is 29.6 cm³/mol. The summed E-state index contributed by atoms with van der Waals surface area (Å²) in [6.45, 7) is 0. The van der Waals surface area contributed by atoms with Crippen LogP contribution in [0.3, 0.4) is 0 Å². The molecule has 0 rings (SSSR count). The quantitative estimate of drug-likeness (QED) is 0.439. The van der Waals surface area contributed by atoms with Gasteiger partial charge in [0.05, 0.1) is 0 Å². The zero-order chi connectivity index (χ0) is 10.0. The van der Waals surface area contributed by atoms with Crippen molar-refractivity contribution in [2.75, 3.05) is 35.5 Å². The molecule has 0 heterocycles.